The van der Waals surface area contributed by atoms with E-state index in [0.717, 1.165) is 5.35 Å². The van der Waals surface area contributed by atoms with Gasteiger partial charge in [0, 0.05) is 19.2 Å². The fraction of sp³-hybridized carbons (Fsp3) is 0.118. The van der Waals surface area contributed by atoms with Crippen LogP contribution in [0.25, 0.3) is 11.6 Å². The molecule has 0 bridgehead atoms. The summed E-state index contributed by atoms with van der Waals surface area (Å²) >= 11 is 0. The minimum atomic E-state index is -0.652. The summed E-state index contributed by atoms with van der Waals surface area (Å²) in [5.74, 6) is -0.914. The van der Waals surface area contributed by atoms with Crippen LogP contribution in [-0.2, 0) is 16.1 Å². The number of carbonyl (C=O) groups is 2. The lowest BCUT2D eigenvalue weighted by molar-refractivity contribution is -0.117. The molecule has 0 aliphatic carbocycles. The van der Waals surface area contributed by atoms with Crippen molar-refractivity contribution in [2.45, 2.75) is 13.0 Å². The predicted molar refractivity (Wildman–Crippen MR) is 86.8 cm³/mol. The topological polar surface area (TPSA) is 76.0 Å². The maximum Gasteiger partial charge on any atom is 0.263 e. The van der Waals surface area contributed by atoms with Gasteiger partial charge < -0.3 is 15.2 Å². The van der Waals surface area contributed by atoms with E-state index < -0.39 is 11.7 Å². The zero-order chi connectivity index (χ0) is 16.7. The molecular weight excluding hydrogens is 311 g/mol. The van der Waals surface area contributed by atoms with Gasteiger partial charge in [-0.2, -0.15) is 0 Å². The normalized spacial score (nSPS) is 15.2. The number of Topliss-reactive ketones (excluding diaryl/α,β-unsaturated/α-hetero) is 1. The molecular formula is C17H13FN4O2. The third kappa shape index (κ3) is 2.21. The lowest BCUT2D eigenvalue weighted by Gasteiger charge is -2.14. The van der Waals surface area contributed by atoms with Crippen LogP contribution in [-0.4, -0.2) is 21.2 Å². The summed E-state index contributed by atoms with van der Waals surface area (Å²) in [6.07, 6.45) is 5.62. The second-order valence-electron chi connectivity index (χ2n) is 5.47. The molecule has 2 aromatic rings. The summed E-state index contributed by atoms with van der Waals surface area (Å²) in [5, 5.41) is 6.27. The molecule has 7 heteroatoms. The molecule has 1 aromatic carbocycles. The maximum atomic E-state index is 13.7. The Bertz CT molecular complexity index is 1020. The number of nitrogens with one attached hydrogen (secondary N) is 2. The number of imidazole rings is 1. The van der Waals surface area contributed by atoms with Crippen molar-refractivity contribution in [1.82, 2.24) is 9.55 Å². The number of hydrogen-bond donors (Lipinski definition) is 2. The second-order valence-corrected chi connectivity index (χ2v) is 5.47. The number of amides is 1. The number of nitrogens with zero attached hydrogens (tertiary/aromatic N) is 2. The number of anilines is 2. The van der Waals surface area contributed by atoms with Crippen molar-refractivity contribution in [3.05, 3.63) is 53.2 Å². The smallest absolute Gasteiger partial charge is 0.263 e. The first-order valence-corrected chi connectivity index (χ1v) is 7.48. The Balaban J connectivity index is 1.84. The van der Waals surface area contributed by atoms with Crippen LogP contribution in [0.2, 0.25) is 0 Å². The van der Waals surface area contributed by atoms with E-state index in [1.165, 1.54) is 18.2 Å². The van der Waals surface area contributed by atoms with Crippen molar-refractivity contribution < 1.29 is 14.0 Å². The van der Waals surface area contributed by atoms with Crippen LogP contribution in [0.4, 0.5) is 15.9 Å². The number of rotatable bonds is 2. The average molecular weight is 324 g/mol. The largest absolute Gasteiger partial charge is 0.345 e. The van der Waals surface area contributed by atoms with Crippen LogP contribution in [0.1, 0.15) is 6.42 Å². The van der Waals surface area contributed by atoms with Crippen molar-refractivity contribution in [2.24, 2.45) is 0 Å². The SMILES string of the molecule is O=C1CCn2c(nc3c2=CC=CN3)=C1C(=O)Nc1ccccc1F. The zero-order valence-corrected chi connectivity index (χ0v) is 12.5. The maximum absolute atomic E-state index is 13.7. The van der Waals surface area contributed by atoms with E-state index in [2.05, 4.69) is 15.6 Å². The number of benzene rings is 1. The standard InChI is InChI=1S/C17H13FN4O2/c18-10-4-1-2-5-11(10)20-17(24)14-13(23)7-9-22-12-6-3-8-19-15(12)21-16(14)22/h1-6,8H,7,9H2,(H,19,21)(H,20,24). The lowest BCUT2D eigenvalue weighted by Crippen LogP contribution is -2.40. The van der Waals surface area contributed by atoms with E-state index in [1.807, 2.05) is 16.7 Å². The first-order valence-electron chi connectivity index (χ1n) is 7.48. The minimum Gasteiger partial charge on any atom is -0.345 e. The van der Waals surface area contributed by atoms with Crippen molar-refractivity contribution in [3.63, 3.8) is 0 Å². The Hall–Kier alpha value is -3.22. The van der Waals surface area contributed by atoms with E-state index in [4.69, 9.17) is 0 Å². The van der Waals surface area contributed by atoms with Crippen molar-refractivity contribution in [3.8, 4) is 0 Å². The van der Waals surface area contributed by atoms with E-state index in [-0.39, 0.29) is 23.5 Å². The molecule has 0 saturated heterocycles. The second kappa shape index (κ2) is 5.45. The highest BCUT2D eigenvalue weighted by Crippen LogP contribution is 2.15. The molecule has 0 unspecified atom stereocenters. The lowest BCUT2D eigenvalue weighted by atomic mass is 10.1. The Morgan fingerprint density at radius 3 is 3.00 bits per heavy atom. The fourth-order valence-electron chi connectivity index (χ4n) is 2.86. The fourth-order valence-corrected chi connectivity index (χ4v) is 2.86. The number of halogens is 1. The molecule has 0 saturated carbocycles. The summed E-state index contributed by atoms with van der Waals surface area (Å²) in [6, 6.07) is 5.82. The third-order valence-corrected chi connectivity index (χ3v) is 3.99. The molecule has 0 spiro atoms. The molecule has 6 nitrogen and oxygen atoms in total. The number of fused-ring (bicyclic) bond motifs is 3. The van der Waals surface area contributed by atoms with Gasteiger partial charge in [-0.05, 0) is 24.3 Å². The van der Waals surface area contributed by atoms with Gasteiger partial charge in [0.1, 0.15) is 11.4 Å². The van der Waals surface area contributed by atoms with E-state index in [1.54, 1.807) is 12.3 Å². The first kappa shape index (κ1) is 14.4. The molecule has 120 valence electrons. The highest BCUT2D eigenvalue weighted by molar-refractivity contribution is 6.43. The molecule has 2 N–H and O–H groups in total. The Kier molecular flexibility index (Phi) is 3.26. The molecule has 0 atom stereocenters. The number of hydrogen-bond acceptors (Lipinski definition) is 4. The van der Waals surface area contributed by atoms with Crippen molar-refractivity contribution >= 4 is 34.8 Å². The molecule has 3 heterocycles. The highest BCUT2D eigenvalue weighted by atomic mass is 19.1. The Labute approximate surface area is 136 Å². The van der Waals surface area contributed by atoms with E-state index in [9.17, 15) is 14.0 Å². The number of carbonyl (C=O) groups excluding carboxylic acids is 2. The summed E-state index contributed by atoms with van der Waals surface area (Å²) in [4.78, 5) is 29.2. The van der Waals surface area contributed by atoms with Crippen LogP contribution >= 0.6 is 0 Å². The van der Waals surface area contributed by atoms with Crippen LogP contribution in [0.15, 0.2) is 36.5 Å². The van der Waals surface area contributed by atoms with Gasteiger partial charge in [0.25, 0.3) is 5.91 Å². The van der Waals surface area contributed by atoms with Crippen LogP contribution < -0.4 is 21.5 Å². The van der Waals surface area contributed by atoms with Gasteiger partial charge in [0.05, 0.1) is 11.0 Å². The highest BCUT2D eigenvalue weighted by Gasteiger charge is 2.27. The van der Waals surface area contributed by atoms with Crippen LogP contribution in [0.5, 0.6) is 0 Å². The zero-order valence-electron chi connectivity index (χ0n) is 12.5. The van der Waals surface area contributed by atoms with Crippen molar-refractivity contribution in [2.75, 3.05) is 10.6 Å². The van der Waals surface area contributed by atoms with Gasteiger partial charge >= 0.3 is 0 Å². The van der Waals surface area contributed by atoms with Gasteiger partial charge in [-0.3, -0.25) is 9.59 Å². The number of allylic oxidation sites excluding steroid dienone is 1. The van der Waals surface area contributed by atoms with Gasteiger partial charge in [-0.25, -0.2) is 9.37 Å². The molecule has 2 aliphatic heterocycles. The third-order valence-electron chi connectivity index (χ3n) is 3.99. The van der Waals surface area contributed by atoms with Crippen molar-refractivity contribution in [1.29, 1.82) is 0 Å². The van der Waals surface area contributed by atoms with Gasteiger partial charge in [-0.15, -0.1) is 0 Å². The quantitative estimate of drug-likeness (QED) is 0.844. The average Bonchev–Trinajstić information content (AvgIpc) is 2.95. The van der Waals surface area contributed by atoms with E-state index >= 15 is 0 Å². The number of ketones is 1. The molecule has 1 amide bonds. The summed E-state index contributed by atoms with van der Waals surface area (Å²) in [5.41, 5.74) is 0.286. The Morgan fingerprint density at radius 1 is 1.33 bits per heavy atom. The monoisotopic (exact) mass is 324 g/mol. The molecule has 0 radical (unpaired) electrons. The Morgan fingerprint density at radius 2 is 2.17 bits per heavy atom. The molecule has 24 heavy (non-hydrogen) atoms. The summed E-state index contributed by atoms with van der Waals surface area (Å²) in [7, 11) is 0. The van der Waals surface area contributed by atoms with Crippen LogP contribution in [0.3, 0.4) is 0 Å². The summed E-state index contributed by atoms with van der Waals surface area (Å²) < 4.78 is 15.6. The number of aromatic nitrogens is 2. The predicted octanol–water partition coefficient (Wildman–Crippen LogP) is 0.504. The summed E-state index contributed by atoms with van der Waals surface area (Å²) in [6.45, 7) is 0.457. The van der Waals surface area contributed by atoms with Gasteiger partial charge in [0.15, 0.2) is 17.1 Å². The van der Waals surface area contributed by atoms with E-state index in [0.29, 0.717) is 17.8 Å². The van der Waals surface area contributed by atoms with Gasteiger partial charge in [0.2, 0.25) is 0 Å². The van der Waals surface area contributed by atoms with Crippen LogP contribution in [0, 0.1) is 5.82 Å². The molecule has 0 fully saturated rings. The molecule has 4 rings (SSSR count). The van der Waals surface area contributed by atoms with Gasteiger partial charge in [-0.1, -0.05) is 12.1 Å². The first-order chi connectivity index (χ1) is 11.6. The number of para-hydroxylation sites is 1. The molecule has 2 aliphatic rings. The molecule has 1 aromatic heterocycles. The minimum absolute atomic E-state index is 0.0302.